The van der Waals surface area contributed by atoms with Crippen LogP contribution in [0.1, 0.15) is 57.2 Å². The van der Waals surface area contributed by atoms with Crippen LogP contribution in [0.25, 0.3) is 10.1 Å². The topological polar surface area (TPSA) is 106 Å². The fourth-order valence-electron chi connectivity index (χ4n) is 5.16. The van der Waals surface area contributed by atoms with Crippen LogP contribution in [0.15, 0.2) is 47.6 Å². The molecule has 2 heterocycles. The predicted octanol–water partition coefficient (Wildman–Crippen LogP) is 3.83. The lowest BCUT2D eigenvalue weighted by molar-refractivity contribution is -0.129. The Hall–Kier alpha value is -2.26. The van der Waals surface area contributed by atoms with Crippen LogP contribution < -0.4 is 16.5 Å². The van der Waals surface area contributed by atoms with Gasteiger partial charge in [-0.2, -0.15) is 0 Å². The van der Waals surface area contributed by atoms with Crippen molar-refractivity contribution >= 4 is 33.0 Å². The molecule has 0 amide bonds. The van der Waals surface area contributed by atoms with Crippen molar-refractivity contribution < 1.29 is 15.0 Å². The molecule has 1 aliphatic heterocycles. The van der Waals surface area contributed by atoms with Crippen LogP contribution in [-0.4, -0.2) is 34.0 Å². The summed E-state index contributed by atoms with van der Waals surface area (Å²) in [6.45, 7) is 3.70. The van der Waals surface area contributed by atoms with Gasteiger partial charge in [-0.15, -0.1) is 22.0 Å². The molecule has 0 bridgehead atoms. The number of benzene rings is 1. The molecular weight excluding hydrogens is 448 g/mol. The van der Waals surface area contributed by atoms with E-state index in [0.717, 1.165) is 25.1 Å². The number of carbonyl (C=O) groups excluding carboxylic acids is 1. The smallest absolute Gasteiger partial charge is 0.144 e. The van der Waals surface area contributed by atoms with E-state index in [1.807, 2.05) is 26.0 Å². The molecule has 1 aliphatic carbocycles. The van der Waals surface area contributed by atoms with Gasteiger partial charge in [0.1, 0.15) is 11.6 Å². The predicted molar refractivity (Wildman–Crippen MR) is 137 cm³/mol. The highest BCUT2D eigenvalue weighted by Gasteiger charge is 2.53. The van der Waals surface area contributed by atoms with E-state index in [1.165, 1.54) is 15.0 Å². The number of fused-ring (bicyclic) bond motifs is 1. The number of hydrogen-bond acceptors (Lipinski definition) is 8. The number of unbranched alkanes of at least 4 members (excludes halogenated alkanes) is 1. The van der Waals surface area contributed by atoms with Crippen LogP contribution in [0.2, 0.25) is 0 Å². The van der Waals surface area contributed by atoms with Crippen molar-refractivity contribution in [1.82, 2.24) is 16.5 Å². The third kappa shape index (κ3) is 5.68. The third-order valence-electron chi connectivity index (χ3n) is 7.17. The second-order valence-corrected chi connectivity index (χ2v) is 11.2. The fourth-order valence-corrected chi connectivity index (χ4v) is 6.30. The van der Waals surface area contributed by atoms with Crippen molar-refractivity contribution in [2.45, 2.75) is 71.0 Å². The van der Waals surface area contributed by atoms with Gasteiger partial charge < -0.3 is 10.2 Å². The van der Waals surface area contributed by atoms with Crippen LogP contribution in [0.3, 0.4) is 0 Å². The third-order valence-corrected chi connectivity index (χ3v) is 8.31. The standard InChI is InChI=1S/C26H36N4O3S/c1-26(2)24(32)20(10-5-3-4-6-12-23-27-29-30-28-23)21(25(26)33)14-13-18(31)16-19-15-17-9-7-8-11-22(17)34-19/h3,5,7-9,11,15,18,20-21,25,29-31,33H,4,6,10,12-14,16H2,1-2H3,(H,27,28)/b5-3-/t18?,20-,21-,25+/m1/s1. The average molecular weight is 485 g/mol. The minimum atomic E-state index is -0.744. The van der Waals surface area contributed by atoms with Gasteiger partial charge in [-0.25, -0.2) is 5.53 Å². The first-order valence-electron chi connectivity index (χ1n) is 12.2. The molecule has 2 aromatic rings. The largest absolute Gasteiger partial charge is 0.393 e. The maximum Gasteiger partial charge on any atom is 0.144 e. The zero-order valence-electron chi connectivity index (χ0n) is 20.0. The van der Waals surface area contributed by atoms with Crippen LogP contribution in [0.5, 0.6) is 0 Å². The number of nitrogens with zero attached hydrogens (tertiary/aromatic N) is 1. The van der Waals surface area contributed by atoms with Crippen LogP contribution in [-0.2, 0) is 11.2 Å². The summed E-state index contributed by atoms with van der Waals surface area (Å²) in [5, 5.41) is 27.0. The summed E-state index contributed by atoms with van der Waals surface area (Å²) in [7, 11) is 0. The summed E-state index contributed by atoms with van der Waals surface area (Å²) >= 11 is 1.72. The molecule has 7 nitrogen and oxygen atoms in total. The average Bonchev–Trinajstić information content (AvgIpc) is 3.51. The first-order valence-corrected chi connectivity index (χ1v) is 13.0. The number of nitrogens with one attached hydrogen (secondary N) is 3. The van der Waals surface area contributed by atoms with E-state index in [1.54, 1.807) is 11.3 Å². The second kappa shape index (κ2) is 11.0. The highest BCUT2D eigenvalue weighted by Crippen LogP contribution is 2.46. The Labute approximate surface area is 205 Å². The molecule has 34 heavy (non-hydrogen) atoms. The van der Waals surface area contributed by atoms with Gasteiger partial charge in [-0.05, 0) is 55.5 Å². The lowest BCUT2D eigenvalue weighted by atomic mass is 9.85. The van der Waals surface area contributed by atoms with Gasteiger partial charge in [0.05, 0.1) is 12.2 Å². The molecule has 1 saturated carbocycles. The molecule has 1 aromatic heterocycles. The van der Waals surface area contributed by atoms with Crippen molar-refractivity contribution in [3.05, 3.63) is 47.4 Å². The lowest BCUT2D eigenvalue weighted by Gasteiger charge is -2.25. The number of hydrazine groups is 2. The Kier molecular flexibility index (Phi) is 8.03. The number of thiophene rings is 1. The van der Waals surface area contributed by atoms with E-state index >= 15 is 0 Å². The quantitative estimate of drug-likeness (QED) is 0.245. The number of carbonyl (C=O) groups is 1. The van der Waals surface area contributed by atoms with Crippen molar-refractivity contribution in [3.63, 3.8) is 0 Å². The number of aliphatic hydroxyl groups is 2. The zero-order chi connectivity index (χ0) is 24.1. The van der Waals surface area contributed by atoms with Gasteiger partial charge in [0.2, 0.25) is 0 Å². The van der Waals surface area contributed by atoms with Crippen LogP contribution in [0, 0.1) is 17.3 Å². The van der Waals surface area contributed by atoms with Gasteiger partial charge >= 0.3 is 0 Å². The first-order chi connectivity index (χ1) is 16.4. The molecule has 0 radical (unpaired) electrons. The number of Topliss-reactive ketones (excluding diaryl/α,β-unsaturated/α-hetero) is 1. The Morgan fingerprint density at radius 1 is 1.26 bits per heavy atom. The minimum absolute atomic E-state index is 0.126. The highest BCUT2D eigenvalue weighted by molar-refractivity contribution is 7.19. The molecule has 1 unspecified atom stereocenters. The molecule has 2 aliphatic rings. The van der Waals surface area contributed by atoms with E-state index in [-0.39, 0.29) is 17.6 Å². The number of hydrazone groups is 1. The highest BCUT2D eigenvalue weighted by atomic mass is 32.1. The summed E-state index contributed by atoms with van der Waals surface area (Å²) < 4.78 is 1.23. The molecule has 184 valence electrons. The summed E-state index contributed by atoms with van der Waals surface area (Å²) in [6.07, 6.45) is 8.23. The lowest BCUT2D eigenvalue weighted by Crippen LogP contribution is -2.34. The van der Waals surface area contributed by atoms with Crippen molar-refractivity contribution in [1.29, 1.82) is 0 Å². The van der Waals surface area contributed by atoms with E-state index in [2.05, 4.69) is 51.9 Å². The molecule has 0 saturated heterocycles. The van der Waals surface area contributed by atoms with E-state index in [9.17, 15) is 15.0 Å². The van der Waals surface area contributed by atoms with Gasteiger partial charge in [0.25, 0.3) is 0 Å². The van der Waals surface area contributed by atoms with Gasteiger partial charge in [-0.1, -0.05) is 44.2 Å². The monoisotopic (exact) mass is 484 g/mol. The van der Waals surface area contributed by atoms with Crippen LogP contribution in [0.4, 0.5) is 0 Å². The summed E-state index contributed by atoms with van der Waals surface area (Å²) in [6, 6.07) is 10.4. The van der Waals surface area contributed by atoms with E-state index in [4.69, 9.17) is 0 Å². The second-order valence-electron chi connectivity index (χ2n) is 10.0. The van der Waals surface area contributed by atoms with Gasteiger partial charge in [-0.3, -0.25) is 10.2 Å². The zero-order valence-corrected chi connectivity index (χ0v) is 20.8. The maximum atomic E-state index is 13.1. The Balaban J connectivity index is 1.29. The molecule has 1 fully saturated rings. The number of amidine groups is 1. The molecular formula is C26H36N4O3S. The molecule has 5 N–H and O–H groups in total. The normalized spacial score (nSPS) is 25.0. The number of rotatable bonds is 11. The number of ketones is 1. The fraction of sp³-hybridized carbons (Fsp3) is 0.538. The van der Waals surface area contributed by atoms with Crippen molar-refractivity contribution in [2.75, 3.05) is 0 Å². The van der Waals surface area contributed by atoms with E-state index in [0.29, 0.717) is 25.7 Å². The number of allylic oxidation sites excluding steroid dienone is 2. The molecule has 1 aromatic carbocycles. The first kappa shape index (κ1) is 24.9. The Bertz CT molecular complexity index is 1010. The molecule has 4 rings (SSSR count). The minimum Gasteiger partial charge on any atom is -0.393 e. The molecule has 4 atom stereocenters. The van der Waals surface area contributed by atoms with Crippen LogP contribution >= 0.6 is 11.3 Å². The van der Waals surface area contributed by atoms with Gasteiger partial charge in [0.15, 0.2) is 0 Å². The SMILES string of the molecule is CC1(C)C(=O)[C@H](C/C=C\CCCC2=NNNN2)[C@@H](CCC(O)Cc2cc3ccccc3s2)[C@@H]1O. The number of hydrogen-bond donors (Lipinski definition) is 5. The molecule has 8 heteroatoms. The van der Waals surface area contributed by atoms with Crippen molar-refractivity contribution in [2.24, 2.45) is 22.4 Å². The molecule has 0 spiro atoms. The Morgan fingerprint density at radius 3 is 2.85 bits per heavy atom. The summed E-state index contributed by atoms with van der Waals surface area (Å²) in [5.41, 5.74) is 7.57. The Morgan fingerprint density at radius 2 is 2.09 bits per heavy atom. The summed E-state index contributed by atoms with van der Waals surface area (Å²) in [4.78, 5) is 14.3. The van der Waals surface area contributed by atoms with Crippen molar-refractivity contribution in [3.8, 4) is 0 Å². The number of aliphatic hydroxyl groups excluding tert-OH is 2. The van der Waals surface area contributed by atoms with E-state index < -0.39 is 17.6 Å². The summed E-state index contributed by atoms with van der Waals surface area (Å²) in [5.74, 6) is 0.694. The maximum absolute atomic E-state index is 13.1. The van der Waals surface area contributed by atoms with Gasteiger partial charge in [0, 0.05) is 33.8 Å².